The molecule has 0 aliphatic rings. The van der Waals surface area contributed by atoms with Crippen LogP contribution in [0.1, 0.15) is 55.4 Å². The number of thiazole rings is 2. The standard InChI is InChI=1S/C18H21N3O6S.C13H13N3O4S.ClH/c1-18(2,3)27-17(25)20-13(14(22)23)12-10-28-15(19-12)21-16(24)26-9-11-7-5-4-6-8-11;14-10(11(17)18)9-7-21-12(15-9)16-13(19)20-6-8-4-2-1-3-5-8;/h4-8,10,13H,9H2,1-3H3,(H,20,25)(H,22,23)(H,19,21,24);1-5,7,10H,6,14H2,(H,17,18)(H,15,16,19);1H. The lowest BCUT2D eigenvalue weighted by atomic mass is 10.2. The SMILES string of the molecule is CC(C)(C)OC(=O)NC(C(=O)O)c1csc(NC(=O)OCc2ccccc2)n1.Cl.NC(C(=O)O)c1csc(NC(=O)OCc2ccccc2)n1. The molecule has 268 valence electrons. The number of hydrogen-bond donors (Lipinski definition) is 6. The smallest absolute Gasteiger partial charge is 0.413 e. The Bertz CT molecular complexity index is 1720. The Morgan fingerprint density at radius 2 is 1.18 bits per heavy atom. The van der Waals surface area contributed by atoms with E-state index in [-0.39, 0.29) is 47.3 Å². The van der Waals surface area contributed by atoms with Crippen molar-refractivity contribution in [1.29, 1.82) is 0 Å². The van der Waals surface area contributed by atoms with Crippen LogP contribution < -0.4 is 21.7 Å². The molecule has 2 atom stereocenters. The molecule has 0 saturated heterocycles. The summed E-state index contributed by atoms with van der Waals surface area (Å²) in [5.74, 6) is -2.49. The number of nitrogens with one attached hydrogen (secondary N) is 3. The highest BCUT2D eigenvalue weighted by Gasteiger charge is 2.28. The zero-order valence-electron chi connectivity index (χ0n) is 26.9. The first kappa shape index (κ1) is 40.9. The summed E-state index contributed by atoms with van der Waals surface area (Å²) < 4.78 is 15.2. The van der Waals surface area contributed by atoms with Crippen molar-refractivity contribution in [2.24, 2.45) is 5.73 Å². The van der Waals surface area contributed by atoms with Crippen molar-refractivity contribution >= 4 is 75.6 Å². The number of nitrogens with zero attached hydrogens (tertiary/aromatic N) is 2. The summed E-state index contributed by atoms with van der Waals surface area (Å²) in [6.07, 6.45) is -2.27. The first-order valence-electron chi connectivity index (χ1n) is 14.3. The third kappa shape index (κ3) is 14.4. The van der Waals surface area contributed by atoms with Gasteiger partial charge in [0.05, 0.1) is 11.4 Å². The predicted molar refractivity (Wildman–Crippen MR) is 186 cm³/mol. The second-order valence-electron chi connectivity index (χ2n) is 10.8. The number of anilines is 2. The van der Waals surface area contributed by atoms with Crippen LogP contribution in [0.3, 0.4) is 0 Å². The molecule has 0 radical (unpaired) electrons. The lowest BCUT2D eigenvalue weighted by molar-refractivity contribution is -0.140. The summed E-state index contributed by atoms with van der Waals surface area (Å²) in [6, 6.07) is 15.7. The van der Waals surface area contributed by atoms with Crippen LogP contribution in [-0.2, 0) is 37.0 Å². The minimum absolute atomic E-state index is 0. The molecular formula is C31H35ClN6O10S2. The molecule has 4 rings (SSSR count). The Labute approximate surface area is 300 Å². The Kier molecular flexibility index (Phi) is 16.1. The number of hydrogen-bond acceptors (Lipinski definition) is 13. The minimum Gasteiger partial charge on any atom is -0.480 e. The van der Waals surface area contributed by atoms with Gasteiger partial charge in [-0.3, -0.25) is 15.4 Å². The lowest BCUT2D eigenvalue weighted by Crippen LogP contribution is -2.38. The number of aliphatic carboxylic acids is 2. The van der Waals surface area contributed by atoms with Gasteiger partial charge in [-0.2, -0.15) is 0 Å². The fraction of sp³-hybridized carbons (Fsp3) is 0.258. The highest BCUT2D eigenvalue weighted by Crippen LogP contribution is 2.22. The maximum Gasteiger partial charge on any atom is 0.413 e. The van der Waals surface area contributed by atoms with Gasteiger partial charge in [0.25, 0.3) is 0 Å². The second-order valence-corrected chi connectivity index (χ2v) is 12.5. The highest BCUT2D eigenvalue weighted by atomic mass is 35.5. The number of halogens is 1. The third-order valence-corrected chi connectivity index (χ3v) is 7.23. The third-order valence-electron chi connectivity index (χ3n) is 5.68. The topological polar surface area (TPSA) is 241 Å². The summed E-state index contributed by atoms with van der Waals surface area (Å²) in [5.41, 5.74) is 6.57. The molecule has 2 aromatic heterocycles. The molecule has 2 aromatic carbocycles. The number of ether oxygens (including phenoxy) is 3. The van der Waals surface area contributed by atoms with Gasteiger partial charge in [-0.25, -0.2) is 29.1 Å². The Balaban J connectivity index is 0.000000353. The van der Waals surface area contributed by atoms with E-state index in [0.29, 0.717) is 0 Å². The molecular weight excluding hydrogens is 716 g/mol. The maximum atomic E-state index is 11.9. The van der Waals surface area contributed by atoms with Crippen molar-refractivity contribution in [1.82, 2.24) is 15.3 Å². The highest BCUT2D eigenvalue weighted by molar-refractivity contribution is 7.14. The van der Waals surface area contributed by atoms with Crippen molar-refractivity contribution in [2.45, 2.75) is 51.7 Å². The predicted octanol–water partition coefficient (Wildman–Crippen LogP) is 5.94. The molecule has 50 heavy (non-hydrogen) atoms. The average Bonchev–Trinajstić information content (AvgIpc) is 3.71. The van der Waals surface area contributed by atoms with Gasteiger partial charge in [0.2, 0.25) is 0 Å². The number of alkyl carbamates (subject to hydrolysis) is 1. The van der Waals surface area contributed by atoms with Crippen LogP contribution in [0.15, 0.2) is 71.4 Å². The van der Waals surface area contributed by atoms with Crippen LogP contribution in [0, 0.1) is 0 Å². The first-order chi connectivity index (χ1) is 23.2. The summed E-state index contributed by atoms with van der Waals surface area (Å²) in [4.78, 5) is 65.4. The number of carboxylic acid groups (broad SMARTS) is 2. The van der Waals surface area contributed by atoms with Gasteiger partial charge in [-0.1, -0.05) is 60.7 Å². The molecule has 19 heteroatoms. The molecule has 2 heterocycles. The van der Waals surface area contributed by atoms with E-state index in [1.54, 1.807) is 20.8 Å². The van der Waals surface area contributed by atoms with Crippen LogP contribution in [0.25, 0.3) is 0 Å². The molecule has 0 aliphatic carbocycles. The van der Waals surface area contributed by atoms with Crippen molar-refractivity contribution in [3.63, 3.8) is 0 Å². The lowest BCUT2D eigenvalue weighted by Gasteiger charge is -2.21. The monoisotopic (exact) mass is 750 g/mol. The Morgan fingerprint density at radius 3 is 1.60 bits per heavy atom. The fourth-order valence-corrected chi connectivity index (χ4v) is 4.92. The van der Waals surface area contributed by atoms with E-state index in [0.717, 1.165) is 33.8 Å². The van der Waals surface area contributed by atoms with E-state index < -0.39 is 47.9 Å². The van der Waals surface area contributed by atoms with E-state index in [9.17, 15) is 29.1 Å². The van der Waals surface area contributed by atoms with Crippen molar-refractivity contribution in [3.05, 3.63) is 93.9 Å². The van der Waals surface area contributed by atoms with Crippen molar-refractivity contribution < 1.29 is 48.4 Å². The largest absolute Gasteiger partial charge is 0.480 e. The number of nitrogens with two attached hydrogens (primary N) is 1. The number of rotatable bonds is 11. The van der Waals surface area contributed by atoms with Crippen LogP contribution >= 0.6 is 35.1 Å². The van der Waals surface area contributed by atoms with Crippen LogP contribution in [-0.4, -0.2) is 56.0 Å². The number of carbonyl (C=O) groups excluding carboxylic acids is 3. The number of benzene rings is 2. The van der Waals surface area contributed by atoms with E-state index >= 15 is 0 Å². The van der Waals surface area contributed by atoms with E-state index in [1.165, 1.54) is 10.8 Å². The molecule has 16 nitrogen and oxygen atoms in total. The van der Waals surface area contributed by atoms with E-state index in [4.69, 9.17) is 25.1 Å². The molecule has 4 aromatic rings. The number of carbonyl (C=O) groups is 5. The van der Waals surface area contributed by atoms with Crippen LogP contribution in [0.5, 0.6) is 0 Å². The molecule has 0 bridgehead atoms. The van der Waals surface area contributed by atoms with Crippen LogP contribution in [0.2, 0.25) is 0 Å². The van der Waals surface area contributed by atoms with E-state index in [2.05, 4.69) is 25.9 Å². The average molecular weight is 751 g/mol. The molecule has 0 fully saturated rings. The maximum absolute atomic E-state index is 11.9. The van der Waals surface area contributed by atoms with Gasteiger partial charge in [-0.05, 0) is 31.9 Å². The number of carboxylic acids is 2. The summed E-state index contributed by atoms with van der Waals surface area (Å²) in [7, 11) is 0. The molecule has 7 N–H and O–H groups in total. The summed E-state index contributed by atoms with van der Waals surface area (Å²) in [5, 5.41) is 28.5. The van der Waals surface area contributed by atoms with Gasteiger partial charge >= 0.3 is 30.2 Å². The minimum atomic E-state index is -1.41. The number of amides is 3. The summed E-state index contributed by atoms with van der Waals surface area (Å²) in [6.45, 7) is 5.21. The fourth-order valence-electron chi connectivity index (χ4n) is 3.47. The summed E-state index contributed by atoms with van der Waals surface area (Å²) >= 11 is 2.09. The molecule has 0 aliphatic heterocycles. The van der Waals surface area contributed by atoms with E-state index in [1.807, 2.05) is 60.7 Å². The van der Waals surface area contributed by atoms with Gasteiger partial charge in [0.15, 0.2) is 16.3 Å². The quantitative estimate of drug-likeness (QED) is 0.0974. The second kappa shape index (κ2) is 19.6. The zero-order chi connectivity index (χ0) is 36.0. The Morgan fingerprint density at radius 1 is 0.740 bits per heavy atom. The van der Waals surface area contributed by atoms with Gasteiger partial charge in [-0.15, -0.1) is 35.1 Å². The van der Waals surface area contributed by atoms with Gasteiger partial charge in [0, 0.05) is 10.8 Å². The molecule has 0 saturated carbocycles. The molecule has 0 spiro atoms. The van der Waals surface area contributed by atoms with Gasteiger partial charge in [0.1, 0.15) is 24.9 Å². The zero-order valence-corrected chi connectivity index (χ0v) is 29.3. The van der Waals surface area contributed by atoms with Crippen molar-refractivity contribution in [2.75, 3.05) is 10.6 Å². The normalized spacial score (nSPS) is 11.6. The molecule has 2 unspecified atom stereocenters. The molecule has 3 amide bonds. The number of aromatic nitrogens is 2. The Hall–Kier alpha value is -5.30. The first-order valence-corrected chi connectivity index (χ1v) is 16.0. The van der Waals surface area contributed by atoms with Crippen LogP contribution in [0.4, 0.5) is 24.6 Å². The van der Waals surface area contributed by atoms with Gasteiger partial charge < -0.3 is 35.5 Å². The van der Waals surface area contributed by atoms with Crippen molar-refractivity contribution in [3.8, 4) is 0 Å².